The largest absolute Gasteiger partial charge is 0.322 e. The Bertz CT molecular complexity index is 1150. The van der Waals surface area contributed by atoms with Crippen LogP contribution >= 0.6 is 0 Å². The highest BCUT2D eigenvalue weighted by Gasteiger charge is 2.37. The van der Waals surface area contributed by atoms with Crippen molar-refractivity contribution in [3.8, 4) is 0 Å². The first kappa shape index (κ1) is 21.2. The second kappa shape index (κ2) is 9.39. The topological polar surface area (TPSA) is 54.0 Å². The molecule has 0 saturated carbocycles. The number of carbonyl (C=O) groups is 1. The molecule has 0 aliphatic carbocycles. The van der Waals surface area contributed by atoms with Crippen molar-refractivity contribution in [1.29, 1.82) is 0 Å². The molecule has 6 heteroatoms. The summed E-state index contributed by atoms with van der Waals surface area (Å²) in [7, 11) is 0. The molecule has 0 radical (unpaired) electrons. The van der Waals surface area contributed by atoms with Crippen molar-refractivity contribution in [2.24, 2.45) is 0 Å². The van der Waals surface area contributed by atoms with Crippen LogP contribution in [0.15, 0.2) is 103 Å². The molecule has 0 bridgehead atoms. The summed E-state index contributed by atoms with van der Waals surface area (Å²) >= 11 is 0. The van der Waals surface area contributed by atoms with E-state index in [4.69, 9.17) is 0 Å². The van der Waals surface area contributed by atoms with Crippen molar-refractivity contribution in [2.45, 2.75) is 12.0 Å². The van der Waals surface area contributed by atoms with Gasteiger partial charge in [0.15, 0.2) is 11.6 Å². The summed E-state index contributed by atoms with van der Waals surface area (Å²) in [6.07, 6.45) is 2.10. The van der Waals surface area contributed by atoms with Crippen molar-refractivity contribution in [3.63, 3.8) is 0 Å². The van der Waals surface area contributed by atoms with Crippen LogP contribution in [0.1, 0.15) is 16.8 Å². The quantitative estimate of drug-likeness (QED) is 0.415. The highest BCUT2D eigenvalue weighted by Crippen LogP contribution is 2.32. The number of hydrogen-bond acceptors (Lipinski definition) is 2. The number of anilines is 1. The lowest BCUT2D eigenvalue weighted by atomic mass is 9.80. The van der Waals surface area contributed by atoms with E-state index in [2.05, 4.69) is 15.6 Å². The number of rotatable bonds is 6. The summed E-state index contributed by atoms with van der Waals surface area (Å²) in [5, 5.41) is 5.67. The van der Waals surface area contributed by atoms with Crippen molar-refractivity contribution in [2.75, 3.05) is 5.32 Å². The number of halogens is 2. The maximum absolute atomic E-state index is 13.6. The van der Waals surface area contributed by atoms with Gasteiger partial charge in [-0.2, -0.15) is 0 Å². The fourth-order valence-corrected chi connectivity index (χ4v) is 3.69. The van der Waals surface area contributed by atoms with Crippen LogP contribution in [0.4, 0.5) is 19.3 Å². The van der Waals surface area contributed by atoms with Gasteiger partial charge in [-0.1, -0.05) is 66.7 Å². The zero-order chi connectivity index (χ0) is 22.4. The summed E-state index contributed by atoms with van der Waals surface area (Å²) in [5.41, 5.74) is 1.62. The van der Waals surface area contributed by atoms with Crippen LogP contribution < -0.4 is 10.6 Å². The van der Waals surface area contributed by atoms with Crippen LogP contribution in [0.5, 0.6) is 0 Å². The summed E-state index contributed by atoms with van der Waals surface area (Å²) < 4.78 is 26.9. The maximum atomic E-state index is 13.6. The fourth-order valence-electron chi connectivity index (χ4n) is 3.69. The Balaban J connectivity index is 1.76. The van der Waals surface area contributed by atoms with E-state index < -0.39 is 23.2 Å². The fraction of sp³-hybridized carbons (Fsp3) is 0.0769. The smallest absolute Gasteiger partial charge is 0.320 e. The average molecular weight is 429 g/mol. The van der Waals surface area contributed by atoms with E-state index in [-0.39, 0.29) is 5.69 Å². The molecule has 1 atom stereocenters. The van der Waals surface area contributed by atoms with Crippen LogP contribution in [0.3, 0.4) is 0 Å². The van der Waals surface area contributed by atoms with Gasteiger partial charge in [-0.05, 0) is 35.4 Å². The zero-order valence-corrected chi connectivity index (χ0v) is 17.1. The predicted octanol–water partition coefficient (Wildman–Crippen LogP) is 5.67. The average Bonchev–Trinajstić information content (AvgIpc) is 2.83. The minimum atomic E-state index is -1.04. The number of nitrogens with one attached hydrogen (secondary N) is 2. The standard InChI is InChI=1S/C26H21F2N3O/c27-22-15-14-21(17-23(22)28)30-25(32)31-26(20-11-5-2-6-12-20,24-13-7-8-16-29-24)18-19-9-3-1-4-10-19/h1-17H,18H2,(H2,30,31,32). The molecule has 32 heavy (non-hydrogen) atoms. The van der Waals surface area contributed by atoms with Gasteiger partial charge in [0.2, 0.25) is 0 Å². The molecule has 2 N–H and O–H groups in total. The Morgan fingerprint density at radius 3 is 2.16 bits per heavy atom. The molecule has 0 spiro atoms. The molecule has 1 aromatic heterocycles. The van der Waals surface area contributed by atoms with Gasteiger partial charge in [0, 0.05) is 24.4 Å². The van der Waals surface area contributed by atoms with Gasteiger partial charge < -0.3 is 10.6 Å². The van der Waals surface area contributed by atoms with Crippen LogP contribution in [-0.4, -0.2) is 11.0 Å². The minimum Gasteiger partial charge on any atom is -0.322 e. The molecule has 160 valence electrons. The Kier molecular flexibility index (Phi) is 6.22. The molecule has 4 nitrogen and oxygen atoms in total. The second-order valence-electron chi connectivity index (χ2n) is 7.36. The summed E-state index contributed by atoms with van der Waals surface area (Å²) in [6.45, 7) is 0. The van der Waals surface area contributed by atoms with Gasteiger partial charge in [0.05, 0.1) is 5.69 Å². The molecule has 1 heterocycles. The zero-order valence-electron chi connectivity index (χ0n) is 17.1. The van der Waals surface area contributed by atoms with Crippen LogP contribution in [0, 0.1) is 11.6 Å². The number of pyridine rings is 1. The molecule has 4 aromatic rings. The molecule has 1 unspecified atom stereocenters. The number of aromatic nitrogens is 1. The van der Waals surface area contributed by atoms with E-state index in [0.717, 1.165) is 23.3 Å². The van der Waals surface area contributed by atoms with E-state index >= 15 is 0 Å². The Hall–Kier alpha value is -4.06. The summed E-state index contributed by atoms with van der Waals surface area (Å²) in [6, 6.07) is 27.5. The summed E-state index contributed by atoms with van der Waals surface area (Å²) in [5.74, 6) is -2.02. The summed E-state index contributed by atoms with van der Waals surface area (Å²) in [4.78, 5) is 17.7. The van der Waals surface area contributed by atoms with Crippen LogP contribution in [0.25, 0.3) is 0 Å². The van der Waals surface area contributed by atoms with Gasteiger partial charge in [0.25, 0.3) is 0 Å². The van der Waals surface area contributed by atoms with Crippen molar-refractivity contribution in [1.82, 2.24) is 10.3 Å². The number of nitrogens with zero attached hydrogens (tertiary/aromatic N) is 1. The van der Waals surface area contributed by atoms with Crippen LogP contribution in [-0.2, 0) is 12.0 Å². The van der Waals surface area contributed by atoms with E-state index in [0.29, 0.717) is 12.1 Å². The van der Waals surface area contributed by atoms with Crippen molar-refractivity contribution in [3.05, 3.63) is 132 Å². The molecule has 0 fully saturated rings. The van der Waals surface area contributed by atoms with Gasteiger partial charge in [0.1, 0.15) is 5.54 Å². The monoisotopic (exact) mass is 429 g/mol. The van der Waals surface area contributed by atoms with E-state index in [1.54, 1.807) is 6.20 Å². The molecule has 0 saturated heterocycles. The first-order valence-electron chi connectivity index (χ1n) is 10.1. The normalized spacial score (nSPS) is 12.6. The van der Waals surface area contributed by atoms with E-state index in [9.17, 15) is 13.6 Å². The Morgan fingerprint density at radius 2 is 1.50 bits per heavy atom. The lowest BCUT2D eigenvalue weighted by molar-refractivity contribution is 0.241. The van der Waals surface area contributed by atoms with Crippen LogP contribution in [0.2, 0.25) is 0 Å². The molecule has 3 aromatic carbocycles. The highest BCUT2D eigenvalue weighted by atomic mass is 19.2. The lowest BCUT2D eigenvalue weighted by Gasteiger charge is -2.35. The van der Waals surface area contributed by atoms with E-state index in [1.807, 2.05) is 78.9 Å². The van der Waals surface area contributed by atoms with Gasteiger partial charge >= 0.3 is 6.03 Å². The van der Waals surface area contributed by atoms with Crippen molar-refractivity contribution >= 4 is 11.7 Å². The molecular formula is C26H21F2N3O. The number of benzene rings is 3. The third kappa shape index (κ3) is 4.64. The Morgan fingerprint density at radius 1 is 0.812 bits per heavy atom. The molecule has 0 aliphatic rings. The minimum absolute atomic E-state index is 0.143. The first-order valence-corrected chi connectivity index (χ1v) is 10.1. The predicted molar refractivity (Wildman–Crippen MR) is 120 cm³/mol. The van der Waals surface area contributed by atoms with Gasteiger partial charge in [-0.25, -0.2) is 13.6 Å². The Labute approximate surface area is 185 Å². The number of hydrogen-bond donors (Lipinski definition) is 2. The molecule has 2 amide bonds. The number of urea groups is 1. The number of carbonyl (C=O) groups excluding carboxylic acids is 1. The molecule has 4 rings (SSSR count). The second-order valence-corrected chi connectivity index (χ2v) is 7.36. The third-order valence-corrected chi connectivity index (χ3v) is 5.19. The first-order chi connectivity index (χ1) is 15.6. The van der Waals surface area contributed by atoms with Crippen molar-refractivity contribution < 1.29 is 13.6 Å². The molecule has 0 aliphatic heterocycles. The third-order valence-electron chi connectivity index (χ3n) is 5.19. The number of amides is 2. The van der Waals surface area contributed by atoms with Gasteiger partial charge in [-0.15, -0.1) is 0 Å². The molecular weight excluding hydrogens is 408 g/mol. The maximum Gasteiger partial charge on any atom is 0.320 e. The lowest BCUT2D eigenvalue weighted by Crippen LogP contribution is -2.50. The highest BCUT2D eigenvalue weighted by molar-refractivity contribution is 5.90. The SMILES string of the molecule is O=C(Nc1ccc(F)c(F)c1)NC(Cc1ccccc1)(c1ccccc1)c1ccccn1. The van der Waals surface area contributed by atoms with Gasteiger partial charge in [-0.3, -0.25) is 4.98 Å². The van der Waals surface area contributed by atoms with E-state index in [1.165, 1.54) is 6.07 Å².